The fourth-order valence-corrected chi connectivity index (χ4v) is 2.01. The van der Waals surface area contributed by atoms with Gasteiger partial charge in [-0.2, -0.15) is 0 Å². The third kappa shape index (κ3) is 4.68. The van der Waals surface area contributed by atoms with Crippen LogP contribution >= 0.6 is 8.60 Å². The average molecular weight is 154 g/mol. The van der Waals surface area contributed by atoms with Gasteiger partial charge < -0.3 is 13.6 Å². The largest absolute Gasteiger partial charge is 0.358 e. The second-order valence-corrected chi connectivity index (χ2v) is 5.36. The zero-order valence-corrected chi connectivity index (χ0v) is 7.34. The van der Waals surface area contributed by atoms with Crippen molar-refractivity contribution in [2.24, 2.45) is 0 Å². The molecule has 0 aliphatic carbocycles. The van der Waals surface area contributed by atoms with Gasteiger partial charge in [-0.25, -0.2) is 0 Å². The Balaban J connectivity index is 3.10. The molecule has 5 heteroatoms. The molecule has 0 aliphatic rings. The van der Waals surface area contributed by atoms with Gasteiger partial charge in [0.05, 0.1) is 0 Å². The molecule has 0 amide bonds. The first-order valence-corrected chi connectivity index (χ1v) is 6.27. The standard InChI is InChI=1S/C3H11O3PSi/c1-5-7(4)6-8(2)3/h4,8H,1-3H3. The highest BCUT2D eigenvalue weighted by Gasteiger charge is 2.05. The van der Waals surface area contributed by atoms with Crippen LogP contribution in [0.3, 0.4) is 0 Å². The molecular weight excluding hydrogens is 143 g/mol. The molecule has 1 N–H and O–H groups in total. The normalized spacial score (nSPS) is 14.6. The highest BCUT2D eigenvalue weighted by molar-refractivity contribution is 7.42. The molecule has 1 atom stereocenters. The molecule has 0 spiro atoms. The van der Waals surface area contributed by atoms with Crippen molar-refractivity contribution >= 4 is 17.6 Å². The van der Waals surface area contributed by atoms with Crippen molar-refractivity contribution < 1.29 is 13.6 Å². The van der Waals surface area contributed by atoms with Gasteiger partial charge in [-0.15, -0.1) is 0 Å². The molecule has 0 aromatic heterocycles. The van der Waals surface area contributed by atoms with E-state index < -0.39 is 17.6 Å². The van der Waals surface area contributed by atoms with Crippen LogP contribution in [0.1, 0.15) is 0 Å². The van der Waals surface area contributed by atoms with Gasteiger partial charge in [-0.1, -0.05) is 0 Å². The molecule has 0 fully saturated rings. The molecule has 0 heterocycles. The highest BCUT2D eigenvalue weighted by Crippen LogP contribution is 2.31. The van der Waals surface area contributed by atoms with Crippen LogP contribution in [-0.2, 0) is 8.74 Å². The predicted octanol–water partition coefficient (Wildman–Crippen LogP) is 0.852. The maximum Gasteiger partial charge on any atom is 0.318 e. The Kier molecular flexibility index (Phi) is 4.70. The minimum atomic E-state index is -1.56. The summed E-state index contributed by atoms with van der Waals surface area (Å²) >= 11 is 0. The minimum absolute atomic E-state index is 1.09. The summed E-state index contributed by atoms with van der Waals surface area (Å²) in [4.78, 5) is 8.68. The van der Waals surface area contributed by atoms with E-state index in [1.54, 1.807) is 0 Å². The van der Waals surface area contributed by atoms with Crippen molar-refractivity contribution in [3.8, 4) is 0 Å². The van der Waals surface area contributed by atoms with E-state index in [2.05, 4.69) is 4.52 Å². The number of rotatable bonds is 3. The van der Waals surface area contributed by atoms with E-state index in [0.29, 0.717) is 0 Å². The van der Waals surface area contributed by atoms with Gasteiger partial charge in [0, 0.05) is 7.11 Å². The van der Waals surface area contributed by atoms with Crippen LogP contribution in [0.4, 0.5) is 0 Å². The fourth-order valence-electron chi connectivity index (χ4n) is 0.223. The molecule has 0 aliphatic heterocycles. The fraction of sp³-hybridized carbons (Fsp3) is 1.00. The van der Waals surface area contributed by atoms with Crippen LogP contribution in [-0.4, -0.2) is 21.0 Å². The van der Waals surface area contributed by atoms with Gasteiger partial charge in [0.25, 0.3) is 0 Å². The summed E-state index contributed by atoms with van der Waals surface area (Å²) in [5.41, 5.74) is 0. The van der Waals surface area contributed by atoms with Crippen molar-refractivity contribution in [2.45, 2.75) is 13.1 Å². The van der Waals surface area contributed by atoms with Crippen molar-refractivity contribution in [1.29, 1.82) is 0 Å². The van der Waals surface area contributed by atoms with Gasteiger partial charge in [-0.3, -0.25) is 0 Å². The lowest BCUT2D eigenvalue weighted by atomic mass is 11.8. The summed E-state index contributed by atoms with van der Waals surface area (Å²) < 4.78 is 9.43. The quantitative estimate of drug-likeness (QED) is 0.484. The van der Waals surface area contributed by atoms with E-state index in [1.807, 2.05) is 13.1 Å². The van der Waals surface area contributed by atoms with E-state index in [4.69, 9.17) is 9.11 Å². The van der Waals surface area contributed by atoms with Crippen molar-refractivity contribution in [3.63, 3.8) is 0 Å². The first kappa shape index (κ1) is 8.53. The maximum atomic E-state index is 8.68. The Morgan fingerprint density at radius 3 is 2.12 bits per heavy atom. The molecular formula is C3H11O3PSi. The van der Waals surface area contributed by atoms with Gasteiger partial charge in [0.15, 0.2) is 9.04 Å². The second-order valence-electron chi connectivity index (χ2n) is 1.57. The Hall–Kier alpha value is 0.527. The number of hydrogen-bond donors (Lipinski definition) is 1. The summed E-state index contributed by atoms with van der Waals surface area (Å²) in [6, 6.07) is 0. The summed E-state index contributed by atoms with van der Waals surface area (Å²) in [7, 11) is -1.22. The van der Waals surface area contributed by atoms with E-state index >= 15 is 0 Å². The lowest BCUT2D eigenvalue weighted by molar-refractivity contribution is 0.319. The smallest absolute Gasteiger partial charge is 0.318 e. The highest BCUT2D eigenvalue weighted by atomic mass is 31.2. The van der Waals surface area contributed by atoms with Crippen LogP contribution < -0.4 is 0 Å². The molecule has 0 saturated heterocycles. The third-order valence-electron chi connectivity index (χ3n) is 0.457. The topological polar surface area (TPSA) is 38.7 Å². The lowest BCUT2D eigenvalue weighted by Crippen LogP contribution is -2.02. The Morgan fingerprint density at radius 2 is 2.00 bits per heavy atom. The molecule has 50 valence electrons. The molecule has 0 radical (unpaired) electrons. The van der Waals surface area contributed by atoms with Gasteiger partial charge >= 0.3 is 8.60 Å². The monoisotopic (exact) mass is 154 g/mol. The van der Waals surface area contributed by atoms with Gasteiger partial charge in [-0.05, 0) is 13.1 Å². The van der Waals surface area contributed by atoms with Crippen LogP contribution in [0.25, 0.3) is 0 Å². The van der Waals surface area contributed by atoms with Crippen molar-refractivity contribution in [2.75, 3.05) is 7.11 Å². The molecule has 0 bridgehead atoms. The zero-order chi connectivity index (χ0) is 6.57. The number of hydrogen-bond acceptors (Lipinski definition) is 3. The Labute approximate surface area is 52.4 Å². The first-order chi connectivity index (χ1) is 3.66. The molecule has 0 rings (SSSR count). The minimum Gasteiger partial charge on any atom is -0.358 e. The molecule has 0 aromatic rings. The lowest BCUT2D eigenvalue weighted by Gasteiger charge is -2.08. The van der Waals surface area contributed by atoms with Gasteiger partial charge in [0.2, 0.25) is 0 Å². The maximum absolute atomic E-state index is 8.68. The van der Waals surface area contributed by atoms with Crippen molar-refractivity contribution in [3.05, 3.63) is 0 Å². The zero-order valence-electron chi connectivity index (χ0n) is 5.29. The summed E-state index contributed by atoms with van der Waals surface area (Å²) in [5.74, 6) is 0. The van der Waals surface area contributed by atoms with Crippen LogP contribution in [0.15, 0.2) is 0 Å². The molecule has 0 saturated carbocycles. The van der Waals surface area contributed by atoms with Crippen molar-refractivity contribution in [1.82, 2.24) is 0 Å². The summed E-state index contributed by atoms with van der Waals surface area (Å²) in [5, 5.41) is 0. The van der Waals surface area contributed by atoms with Gasteiger partial charge in [0.1, 0.15) is 0 Å². The summed E-state index contributed by atoms with van der Waals surface area (Å²) in [6.45, 7) is 3.95. The third-order valence-corrected chi connectivity index (χ3v) is 3.18. The van der Waals surface area contributed by atoms with E-state index in [1.165, 1.54) is 7.11 Å². The van der Waals surface area contributed by atoms with E-state index in [9.17, 15) is 0 Å². The van der Waals surface area contributed by atoms with Crippen LogP contribution in [0.2, 0.25) is 13.1 Å². The second kappa shape index (κ2) is 4.41. The molecule has 0 aromatic carbocycles. The molecule has 3 nitrogen and oxygen atoms in total. The van der Waals surface area contributed by atoms with Crippen LogP contribution in [0.5, 0.6) is 0 Å². The molecule has 1 unspecified atom stereocenters. The molecule has 8 heavy (non-hydrogen) atoms. The van der Waals surface area contributed by atoms with Crippen LogP contribution in [0, 0.1) is 0 Å². The average Bonchev–Trinajstić information content (AvgIpc) is 1.65. The predicted molar refractivity (Wildman–Crippen MR) is 36.1 cm³/mol. The Morgan fingerprint density at radius 1 is 1.50 bits per heavy atom. The first-order valence-electron chi connectivity index (χ1n) is 2.36. The van der Waals surface area contributed by atoms with E-state index in [0.717, 1.165) is 0 Å². The van der Waals surface area contributed by atoms with E-state index in [-0.39, 0.29) is 0 Å². The SMILES string of the molecule is COP(O)O[SiH](C)C. The Bertz CT molecular complexity index is 60.5. The summed E-state index contributed by atoms with van der Waals surface area (Å²) in [6.07, 6.45) is 0.